The first kappa shape index (κ1) is 25.6. The standard InChI is InChI=1S/C33H36N4OS/c1-22-12-16-27(17-13-22)38-28-18-14-26(15-19-28)37-32(31(35-33(37)39)30-11-7-8-20-34-30)29-21-23(2)36(24(29)3)25-9-5-4-6-10-25/h7-8,11-21,25,31-32H,4-6,9-10H2,1-3H3,(H,35,39). The Labute approximate surface area is 236 Å². The predicted molar refractivity (Wildman–Crippen MR) is 162 cm³/mol. The molecule has 3 heterocycles. The Balaban J connectivity index is 1.37. The summed E-state index contributed by atoms with van der Waals surface area (Å²) < 4.78 is 8.69. The molecular weight excluding hydrogens is 500 g/mol. The van der Waals surface area contributed by atoms with Crippen molar-refractivity contribution in [3.8, 4) is 11.5 Å². The number of aryl methyl sites for hydroxylation is 2. The molecule has 0 bridgehead atoms. The second-order valence-corrected chi connectivity index (χ2v) is 11.3. The summed E-state index contributed by atoms with van der Waals surface area (Å²) in [6, 6.07) is 25.4. The Hall–Kier alpha value is -3.64. The maximum atomic E-state index is 6.10. The third-order valence-electron chi connectivity index (χ3n) is 8.25. The number of ether oxygens (including phenoxy) is 1. The van der Waals surface area contributed by atoms with E-state index in [0.717, 1.165) is 22.9 Å². The van der Waals surface area contributed by atoms with Crippen molar-refractivity contribution in [1.29, 1.82) is 0 Å². The second kappa shape index (κ2) is 10.9. The highest BCUT2D eigenvalue weighted by molar-refractivity contribution is 7.80. The third-order valence-corrected chi connectivity index (χ3v) is 8.57. The summed E-state index contributed by atoms with van der Waals surface area (Å²) in [7, 11) is 0. The van der Waals surface area contributed by atoms with E-state index in [1.807, 2.05) is 36.5 Å². The van der Waals surface area contributed by atoms with E-state index in [-0.39, 0.29) is 12.1 Å². The number of hydrogen-bond donors (Lipinski definition) is 1. The van der Waals surface area contributed by atoms with Gasteiger partial charge in [-0.2, -0.15) is 0 Å². The maximum absolute atomic E-state index is 6.10. The van der Waals surface area contributed by atoms with Crippen molar-refractivity contribution < 1.29 is 4.74 Å². The Morgan fingerprint density at radius 1 is 0.872 bits per heavy atom. The predicted octanol–water partition coefficient (Wildman–Crippen LogP) is 8.28. The summed E-state index contributed by atoms with van der Waals surface area (Å²) >= 11 is 5.98. The molecule has 1 aliphatic carbocycles. The molecular formula is C33H36N4OS. The van der Waals surface area contributed by atoms with Crippen molar-refractivity contribution >= 4 is 23.0 Å². The molecule has 2 unspecified atom stereocenters. The van der Waals surface area contributed by atoms with E-state index < -0.39 is 0 Å². The number of aromatic nitrogens is 2. The van der Waals surface area contributed by atoms with Gasteiger partial charge in [0, 0.05) is 29.3 Å². The molecule has 39 heavy (non-hydrogen) atoms. The van der Waals surface area contributed by atoms with Crippen molar-refractivity contribution in [1.82, 2.24) is 14.9 Å². The van der Waals surface area contributed by atoms with Gasteiger partial charge < -0.3 is 19.5 Å². The van der Waals surface area contributed by atoms with Gasteiger partial charge in [0.05, 0.1) is 17.8 Å². The Morgan fingerprint density at radius 3 is 2.23 bits per heavy atom. The minimum atomic E-state index is -0.0532. The lowest BCUT2D eigenvalue weighted by Crippen LogP contribution is -2.29. The molecule has 2 aromatic carbocycles. The van der Waals surface area contributed by atoms with Gasteiger partial charge >= 0.3 is 0 Å². The number of nitrogens with one attached hydrogen (secondary N) is 1. The van der Waals surface area contributed by atoms with E-state index in [1.165, 1.54) is 54.6 Å². The molecule has 2 aliphatic rings. The molecule has 200 valence electrons. The fraction of sp³-hybridized carbons (Fsp3) is 0.333. The van der Waals surface area contributed by atoms with Crippen LogP contribution in [0.15, 0.2) is 79.0 Å². The SMILES string of the molecule is Cc1ccc(Oc2ccc(N3C(=S)NC(c4ccccn4)C3c3cc(C)n(C4CCCCC4)c3C)cc2)cc1. The highest BCUT2D eigenvalue weighted by Crippen LogP contribution is 2.45. The number of anilines is 1. The first-order chi connectivity index (χ1) is 19.0. The van der Waals surface area contributed by atoms with Crippen LogP contribution in [0, 0.1) is 20.8 Å². The zero-order valence-corrected chi connectivity index (χ0v) is 23.7. The van der Waals surface area contributed by atoms with Crippen LogP contribution in [0.4, 0.5) is 5.69 Å². The maximum Gasteiger partial charge on any atom is 0.174 e. The van der Waals surface area contributed by atoms with E-state index in [4.69, 9.17) is 21.9 Å². The van der Waals surface area contributed by atoms with Crippen molar-refractivity contribution in [3.63, 3.8) is 0 Å². The van der Waals surface area contributed by atoms with E-state index in [1.54, 1.807) is 0 Å². The Bertz CT molecular complexity index is 1440. The monoisotopic (exact) mass is 536 g/mol. The molecule has 5 nitrogen and oxygen atoms in total. The quantitative estimate of drug-likeness (QED) is 0.251. The van der Waals surface area contributed by atoms with E-state index >= 15 is 0 Å². The Kier molecular flexibility index (Phi) is 7.13. The highest BCUT2D eigenvalue weighted by Gasteiger charge is 2.42. The number of rotatable bonds is 6. The molecule has 1 saturated carbocycles. The number of thiocarbonyl (C=S) groups is 1. The number of nitrogens with zero attached hydrogens (tertiary/aromatic N) is 3. The summed E-state index contributed by atoms with van der Waals surface area (Å²) in [5.41, 5.74) is 7.21. The van der Waals surface area contributed by atoms with Crippen LogP contribution in [0.5, 0.6) is 11.5 Å². The van der Waals surface area contributed by atoms with E-state index in [0.29, 0.717) is 11.2 Å². The lowest BCUT2D eigenvalue weighted by molar-refractivity contribution is 0.345. The van der Waals surface area contributed by atoms with Gasteiger partial charge in [-0.1, -0.05) is 43.0 Å². The van der Waals surface area contributed by atoms with Gasteiger partial charge in [-0.3, -0.25) is 4.98 Å². The summed E-state index contributed by atoms with van der Waals surface area (Å²) in [6.07, 6.45) is 8.35. The van der Waals surface area contributed by atoms with Gasteiger partial charge in [0.15, 0.2) is 5.11 Å². The van der Waals surface area contributed by atoms with Gasteiger partial charge in [0.25, 0.3) is 0 Å². The van der Waals surface area contributed by atoms with Crippen molar-refractivity contribution in [2.75, 3.05) is 4.90 Å². The normalized spacial score (nSPS) is 19.8. The fourth-order valence-electron chi connectivity index (χ4n) is 6.37. The molecule has 2 atom stereocenters. The van der Waals surface area contributed by atoms with Gasteiger partial charge in [-0.05, 0) is 106 Å². The van der Waals surface area contributed by atoms with Crippen LogP contribution in [0.25, 0.3) is 0 Å². The zero-order valence-electron chi connectivity index (χ0n) is 22.9. The number of pyridine rings is 1. The van der Waals surface area contributed by atoms with Crippen LogP contribution in [-0.2, 0) is 0 Å². The van der Waals surface area contributed by atoms with Gasteiger partial charge in [-0.15, -0.1) is 0 Å². The van der Waals surface area contributed by atoms with Crippen LogP contribution < -0.4 is 15.0 Å². The van der Waals surface area contributed by atoms with Gasteiger partial charge in [0.1, 0.15) is 11.5 Å². The molecule has 6 rings (SSSR count). The molecule has 1 saturated heterocycles. The third kappa shape index (κ3) is 5.06. The summed E-state index contributed by atoms with van der Waals surface area (Å²) in [6.45, 7) is 6.61. The highest BCUT2D eigenvalue weighted by atomic mass is 32.1. The summed E-state index contributed by atoms with van der Waals surface area (Å²) in [5.74, 6) is 1.63. The van der Waals surface area contributed by atoms with Gasteiger partial charge in [0.2, 0.25) is 0 Å². The minimum absolute atomic E-state index is 0.0141. The molecule has 0 spiro atoms. The first-order valence-corrected chi connectivity index (χ1v) is 14.4. The van der Waals surface area contributed by atoms with E-state index in [2.05, 4.69) is 78.0 Å². The lowest BCUT2D eigenvalue weighted by Gasteiger charge is -2.30. The number of hydrogen-bond acceptors (Lipinski definition) is 3. The smallest absolute Gasteiger partial charge is 0.174 e. The van der Waals surface area contributed by atoms with Crippen molar-refractivity contribution in [3.05, 3.63) is 107 Å². The van der Waals surface area contributed by atoms with Crippen LogP contribution in [0.1, 0.15) is 78.4 Å². The molecule has 0 radical (unpaired) electrons. The van der Waals surface area contributed by atoms with Crippen LogP contribution >= 0.6 is 12.2 Å². The summed E-state index contributed by atoms with van der Waals surface area (Å²) in [5, 5.41) is 4.33. The Morgan fingerprint density at radius 2 is 1.56 bits per heavy atom. The summed E-state index contributed by atoms with van der Waals surface area (Å²) in [4.78, 5) is 7.00. The van der Waals surface area contributed by atoms with Crippen LogP contribution in [-0.4, -0.2) is 14.7 Å². The fourth-order valence-corrected chi connectivity index (χ4v) is 6.72. The topological polar surface area (TPSA) is 42.3 Å². The van der Waals surface area contributed by atoms with Crippen molar-refractivity contribution in [2.24, 2.45) is 0 Å². The first-order valence-electron chi connectivity index (χ1n) is 14.0. The zero-order chi connectivity index (χ0) is 26.9. The largest absolute Gasteiger partial charge is 0.457 e. The lowest BCUT2D eigenvalue weighted by atomic mass is 9.94. The minimum Gasteiger partial charge on any atom is -0.457 e. The molecule has 1 aliphatic heterocycles. The molecule has 6 heteroatoms. The molecule has 0 amide bonds. The molecule has 1 N–H and O–H groups in total. The average Bonchev–Trinajstić information content (AvgIpc) is 3.46. The molecule has 2 fully saturated rings. The van der Waals surface area contributed by atoms with Gasteiger partial charge in [-0.25, -0.2) is 0 Å². The van der Waals surface area contributed by atoms with Crippen LogP contribution in [0.2, 0.25) is 0 Å². The second-order valence-electron chi connectivity index (χ2n) is 10.9. The van der Waals surface area contributed by atoms with E-state index in [9.17, 15) is 0 Å². The van der Waals surface area contributed by atoms with Crippen molar-refractivity contribution in [2.45, 2.75) is 71.0 Å². The van der Waals surface area contributed by atoms with Crippen LogP contribution in [0.3, 0.4) is 0 Å². The molecule has 2 aromatic heterocycles. The number of benzene rings is 2. The average molecular weight is 537 g/mol. The molecule has 4 aromatic rings.